The number of rotatable bonds is 6. The number of halogens is 1. The normalized spacial score (nSPS) is 20.7. The molecule has 8 nitrogen and oxygen atoms in total. The van der Waals surface area contributed by atoms with Crippen LogP contribution in [0.25, 0.3) is 0 Å². The quantitative estimate of drug-likeness (QED) is 0.789. The number of hydrogen-bond donors (Lipinski definition) is 2. The van der Waals surface area contributed by atoms with Crippen LogP contribution in [0.15, 0.2) is 5.51 Å². The molecule has 1 saturated heterocycles. The molecule has 3 rings (SSSR count). The van der Waals surface area contributed by atoms with E-state index in [0.717, 1.165) is 23.8 Å². The molecular weight excluding hydrogens is 364 g/mol. The molecule has 10 heteroatoms. The second kappa shape index (κ2) is 8.11. The second-order valence-corrected chi connectivity index (χ2v) is 6.91. The summed E-state index contributed by atoms with van der Waals surface area (Å²) in [6.45, 7) is 5.92. The molecule has 0 unspecified atom stereocenters. The number of amides is 1. The van der Waals surface area contributed by atoms with Gasteiger partial charge in [-0.15, -0.1) is 10.2 Å². The molecule has 0 radical (unpaired) electrons. The molecule has 0 aromatic carbocycles. The molecule has 136 valence electrons. The van der Waals surface area contributed by atoms with E-state index in [2.05, 4.69) is 30.4 Å². The SMILES string of the molecule is CCO[C@H]1CN(c2nncs2)CC[C@H]1NC(=O)c1nc(Cl)c(CC)[nH]1. The summed E-state index contributed by atoms with van der Waals surface area (Å²) < 4.78 is 5.85. The smallest absolute Gasteiger partial charge is 0.287 e. The lowest BCUT2D eigenvalue weighted by atomic mass is 10.0. The van der Waals surface area contributed by atoms with Crippen molar-refractivity contribution >= 4 is 34.0 Å². The topological polar surface area (TPSA) is 96.0 Å². The van der Waals surface area contributed by atoms with Crippen LogP contribution in [0.5, 0.6) is 0 Å². The number of carbonyl (C=O) groups is 1. The standard InChI is InChI=1S/C15H21ClN6O2S/c1-3-9-12(16)20-13(18-9)14(23)19-10-5-6-22(7-11(10)24-4-2)15-21-17-8-25-15/h8,10-11H,3-7H2,1-2H3,(H,18,20)(H,19,23)/t10-,11+/m1/s1. The highest BCUT2D eigenvalue weighted by molar-refractivity contribution is 7.13. The number of imidazole rings is 1. The Bertz CT molecular complexity index is 707. The van der Waals surface area contributed by atoms with Gasteiger partial charge in [-0.3, -0.25) is 4.79 Å². The average Bonchev–Trinajstić information content (AvgIpc) is 3.26. The van der Waals surface area contributed by atoms with E-state index in [4.69, 9.17) is 16.3 Å². The van der Waals surface area contributed by atoms with Crippen molar-refractivity contribution in [3.63, 3.8) is 0 Å². The van der Waals surface area contributed by atoms with Crippen molar-refractivity contribution in [2.75, 3.05) is 24.6 Å². The zero-order chi connectivity index (χ0) is 17.8. The molecule has 2 aromatic rings. The van der Waals surface area contributed by atoms with Gasteiger partial charge in [0.25, 0.3) is 5.91 Å². The Morgan fingerprint density at radius 3 is 3.04 bits per heavy atom. The van der Waals surface area contributed by atoms with Gasteiger partial charge >= 0.3 is 0 Å². The molecule has 2 aromatic heterocycles. The van der Waals surface area contributed by atoms with Crippen molar-refractivity contribution in [2.45, 2.75) is 38.8 Å². The summed E-state index contributed by atoms with van der Waals surface area (Å²) in [5, 5.41) is 12.2. The molecule has 1 aliphatic heterocycles. The fraction of sp³-hybridized carbons (Fsp3) is 0.600. The minimum Gasteiger partial charge on any atom is -0.375 e. The van der Waals surface area contributed by atoms with Gasteiger partial charge in [0.15, 0.2) is 11.0 Å². The Hall–Kier alpha value is -1.71. The van der Waals surface area contributed by atoms with Crippen LogP contribution < -0.4 is 10.2 Å². The second-order valence-electron chi connectivity index (χ2n) is 5.74. The van der Waals surface area contributed by atoms with Crippen molar-refractivity contribution in [3.05, 3.63) is 22.2 Å². The van der Waals surface area contributed by atoms with E-state index >= 15 is 0 Å². The van der Waals surface area contributed by atoms with E-state index in [9.17, 15) is 4.79 Å². The van der Waals surface area contributed by atoms with Crippen LogP contribution in [0, 0.1) is 0 Å². The third-order valence-corrected chi connectivity index (χ3v) is 5.24. The molecule has 2 atom stereocenters. The predicted molar refractivity (Wildman–Crippen MR) is 96.4 cm³/mol. The minimum atomic E-state index is -0.263. The van der Waals surface area contributed by atoms with Gasteiger partial charge in [0.2, 0.25) is 5.13 Å². The first-order chi connectivity index (χ1) is 12.1. The Morgan fingerprint density at radius 2 is 2.40 bits per heavy atom. The van der Waals surface area contributed by atoms with Crippen molar-refractivity contribution in [1.29, 1.82) is 0 Å². The number of H-pyrrole nitrogens is 1. The molecule has 1 fully saturated rings. The van der Waals surface area contributed by atoms with Crippen molar-refractivity contribution in [3.8, 4) is 0 Å². The Labute approximate surface area is 154 Å². The van der Waals surface area contributed by atoms with E-state index in [1.165, 1.54) is 11.3 Å². The van der Waals surface area contributed by atoms with Crippen LogP contribution in [-0.2, 0) is 11.2 Å². The molecule has 25 heavy (non-hydrogen) atoms. The number of nitrogens with one attached hydrogen (secondary N) is 2. The Kier molecular flexibility index (Phi) is 5.87. The highest BCUT2D eigenvalue weighted by atomic mass is 35.5. The summed E-state index contributed by atoms with van der Waals surface area (Å²) in [5.74, 6) is -0.0238. The highest BCUT2D eigenvalue weighted by Gasteiger charge is 2.32. The first kappa shape index (κ1) is 18.1. The van der Waals surface area contributed by atoms with E-state index in [-0.39, 0.29) is 23.9 Å². The van der Waals surface area contributed by atoms with Gasteiger partial charge in [-0.25, -0.2) is 4.98 Å². The van der Waals surface area contributed by atoms with Crippen LogP contribution >= 0.6 is 22.9 Å². The van der Waals surface area contributed by atoms with Crippen molar-refractivity contribution in [1.82, 2.24) is 25.5 Å². The van der Waals surface area contributed by atoms with E-state index < -0.39 is 0 Å². The summed E-state index contributed by atoms with van der Waals surface area (Å²) in [6.07, 6.45) is 1.33. The number of carbonyl (C=O) groups excluding carboxylic acids is 1. The van der Waals surface area contributed by atoms with Crippen LogP contribution in [0.4, 0.5) is 5.13 Å². The summed E-state index contributed by atoms with van der Waals surface area (Å²) in [4.78, 5) is 21.7. The summed E-state index contributed by atoms with van der Waals surface area (Å²) in [5.41, 5.74) is 2.48. The van der Waals surface area contributed by atoms with Crippen molar-refractivity contribution < 1.29 is 9.53 Å². The van der Waals surface area contributed by atoms with Crippen LogP contribution in [0.1, 0.15) is 36.6 Å². The fourth-order valence-corrected chi connectivity index (χ4v) is 3.77. The number of aryl methyl sites for hydroxylation is 1. The van der Waals surface area contributed by atoms with Gasteiger partial charge in [-0.2, -0.15) is 0 Å². The van der Waals surface area contributed by atoms with Crippen molar-refractivity contribution in [2.24, 2.45) is 0 Å². The lowest BCUT2D eigenvalue weighted by molar-refractivity contribution is 0.0271. The fourth-order valence-electron chi connectivity index (χ4n) is 2.91. The summed E-state index contributed by atoms with van der Waals surface area (Å²) >= 11 is 7.52. The summed E-state index contributed by atoms with van der Waals surface area (Å²) in [7, 11) is 0. The largest absolute Gasteiger partial charge is 0.375 e. The third-order valence-electron chi connectivity index (χ3n) is 4.17. The van der Waals surface area contributed by atoms with E-state index in [1.54, 1.807) is 5.51 Å². The maximum absolute atomic E-state index is 12.5. The molecule has 0 bridgehead atoms. The lowest BCUT2D eigenvalue weighted by Gasteiger charge is -2.38. The van der Waals surface area contributed by atoms with E-state index in [0.29, 0.717) is 24.7 Å². The van der Waals surface area contributed by atoms with Gasteiger partial charge in [0, 0.05) is 19.7 Å². The monoisotopic (exact) mass is 384 g/mol. The lowest BCUT2D eigenvalue weighted by Crippen LogP contribution is -2.55. The van der Waals surface area contributed by atoms with Gasteiger partial charge in [0.1, 0.15) is 5.51 Å². The van der Waals surface area contributed by atoms with Gasteiger partial charge in [-0.1, -0.05) is 29.9 Å². The molecule has 0 aliphatic carbocycles. The number of aromatic nitrogens is 4. The van der Waals surface area contributed by atoms with Gasteiger partial charge in [-0.05, 0) is 19.8 Å². The van der Waals surface area contributed by atoms with Gasteiger partial charge in [0.05, 0.1) is 17.8 Å². The molecule has 1 amide bonds. The maximum Gasteiger partial charge on any atom is 0.287 e. The highest BCUT2D eigenvalue weighted by Crippen LogP contribution is 2.23. The molecule has 1 aliphatic rings. The average molecular weight is 385 g/mol. The Morgan fingerprint density at radius 1 is 1.56 bits per heavy atom. The van der Waals surface area contributed by atoms with Crippen LogP contribution in [0.2, 0.25) is 5.15 Å². The molecular formula is C15H21ClN6O2S. The number of hydrogen-bond acceptors (Lipinski definition) is 7. The van der Waals surface area contributed by atoms with Gasteiger partial charge < -0.3 is 19.9 Å². The first-order valence-electron chi connectivity index (χ1n) is 8.30. The number of aromatic amines is 1. The molecule has 3 heterocycles. The van der Waals surface area contributed by atoms with Crippen LogP contribution in [0.3, 0.4) is 0 Å². The summed E-state index contributed by atoms with van der Waals surface area (Å²) in [6, 6.07) is -0.0921. The zero-order valence-electron chi connectivity index (χ0n) is 14.2. The predicted octanol–water partition coefficient (Wildman–Crippen LogP) is 1.89. The molecule has 0 spiro atoms. The first-order valence-corrected chi connectivity index (χ1v) is 9.56. The number of piperidine rings is 1. The number of ether oxygens (including phenoxy) is 1. The van der Waals surface area contributed by atoms with E-state index in [1.807, 2.05) is 13.8 Å². The minimum absolute atomic E-state index is 0.0921. The third kappa shape index (κ3) is 4.10. The molecule has 0 saturated carbocycles. The zero-order valence-corrected chi connectivity index (χ0v) is 15.7. The maximum atomic E-state index is 12.5. The Balaban J connectivity index is 1.67. The number of anilines is 1. The molecule has 2 N–H and O–H groups in total. The number of nitrogens with zero attached hydrogens (tertiary/aromatic N) is 4. The van der Waals surface area contributed by atoms with Crippen LogP contribution in [-0.4, -0.2) is 57.9 Å².